The normalized spacial score (nSPS) is 16.7. The van der Waals surface area contributed by atoms with Crippen molar-refractivity contribution in [1.29, 1.82) is 0 Å². The maximum absolute atomic E-state index is 5.59. The number of benzene rings is 1. The van der Waals surface area contributed by atoms with Crippen LogP contribution in [0.3, 0.4) is 0 Å². The molecule has 1 aromatic carbocycles. The van der Waals surface area contributed by atoms with Crippen LogP contribution >= 0.6 is 0 Å². The maximum atomic E-state index is 5.59. The highest BCUT2D eigenvalue weighted by Crippen LogP contribution is 2.29. The molecular weight excluding hydrogens is 276 g/mol. The van der Waals surface area contributed by atoms with Crippen LogP contribution in [0.25, 0.3) is 0 Å². The van der Waals surface area contributed by atoms with E-state index >= 15 is 0 Å². The summed E-state index contributed by atoms with van der Waals surface area (Å²) in [7, 11) is 3.92. The van der Waals surface area contributed by atoms with Crippen molar-refractivity contribution in [3.63, 3.8) is 0 Å². The molecule has 22 heavy (non-hydrogen) atoms. The summed E-state index contributed by atoms with van der Waals surface area (Å²) in [5.74, 6) is 0.960. The Balaban J connectivity index is 1.97. The molecule has 2 rings (SSSR count). The minimum atomic E-state index is 0.846. The molecule has 1 saturated heterocycles. The predicted molar refractivity (Wildman–Crippen MR) is 92.5 cm³/mol. The molecule has 1 heterocycles. The van der Waals surface area contributed by atoms with Crippen LogP contribution in [0, 0.1) is 0 Å². The average Bonchev–Trinajstić information content (AvgIpc) is 2.56. The third-order valence-electron chi connectivity index (χ3n) is 4.36. The van der Waals surface area contributed by atoms with Gasteiger partial charge in [0, 0.05) is 45.8 Å². The fourth-order valence-corrected chi connectivity index (χ4v) is 2.83. The molecule has 1 aliphatic rings. The summed E-state index contributed by atoms with van der Waals surface area (Å²) in [5, 5.41) is 2.31. The maximum Gasteiger partial charge on any atom is 0.142 e. The van der Waals surface area contributed by atoms with Crippen molar-refractivity contribution in [2.75, 3.05) is 58.3 Å². The lowest BCUT2D eigenvalue weighted by atomic mass is 10.1. The van der Waals surface area contributed by atoms with Gasteiger partial charge >= 0.3 is 0 Å². The van der Waals surface area contributed by atoms with E-state index < -0.39 is 0 Å². The van der Waals surface area contributed by atoms with Gasteiger partial charge < -0.3 is 14.5 Å². The van der Waals surface area contributed by atoms with Gasteiger partial charge in [-0.1, -0.05) is 6.07 Å². The Morgan fingerprint density at radius 3 is 2.41 bits per heavy atom. The topological polar surface area (TPSA) is 31.0 Å². The van der Waals surface area contributed by atoms with Crippen LogP contribution in [0.15, 0.2) is 18.2 Å². The summed E-state index contributed by atoms with van der Waals surface area (Å²) >= 11 is 0. The second kappa shape index (κ2) is 8.36. The number of hydrogen-bond donors (Lipinski definition) is 1. The van der Waals surface area contributed by atoms with E-state index in [4.69, 9.17) is 4.74 Å². The van der Waals surface area contributed by atoms with E-state index in [1.54, 1.807) is 7.11 Å². The van der Waals surface area contributed by atoms with E-state index in [-0.39, 0.29) is 0 Å². The molecule has 0 unspecified atom stereocenters. The molecule has 5 nitrogen and oxygen atoms in total. The van der Waals surface area contributed by atoms with Crippen LogP contribution in [-0.2, 0) is 6.54 Å². The van der Waals surface area contributed by atoms with Crippen LogP contribution in [0.1, 0.15) is 19.4 Å². The van der Waals surface area contributed by atoms with Crippen molar-refractivity contribution in [2.24, 2.45) is 0 Å². The zero-order valence-electron chi connectivity index (χ0n) is 14.4. The van der Waals surface area contributed by atoms with Gasteiger partial charge in [0.1, 0.15) is 5.75 Å². The number of anilines is 1. The minimum absolute atomic E-state index is 0.846. The fraction of sp³-hybridized carbons (Fsp3) is 0.647. The fourth-order valence-electron chi connectivity index (χ4n) is 2.83. The van der Waals surface area contributed by atoms with Gasteiger partial charge in [-0.3, -0.25) is 5.43 Å². The van der Waals surface area contributed by atoms with Crippen LogP contribution in [0.2, 0.25) is 0 Å². The van der Waals surface area contributed by atoms with Crippen molar-refractivity contribution >= 4 is 5.69 Å². The largest absolute Gasteiger partial charge is 0.495 e. The predicted octanol–water partition coefficient (Wildman–Crippen LogP) is 1.79. The molecule has 0 spiro atoms. The third-order valence-corrected chi connectivity index (χ3v) is 4.36. The lowest BCUT2D eigenvalue weighted by Gasteiger charge is -2.32. The van der Waals surface area contributed by atoms with Gasteiger partial charge in [0.25, 0.3) is 0 Å². The van der Waals surface area contributed by atoms with Crippen LogP contribution in [-0.4, -0.2) is 63.3 Å². The Morgan fingerprint density at radius 2 is 1.82 bits per heavy atom. The van der Waals surface area contributed by atoms with Crippen LogP contribution in [0.5, 0.6) is 5.75 Å². The quantitative estimate of drug-likeness (QED) is 0.830. The molecule has 0 atom stereocenters. The zero-order valence-corrected chi connectivity index (χ0v) is 14.4. The van der Waals surface area contributed by atoms with Gasteiger partial charge in [0.15, 0.2) is 0 Å². The van der Waals surface area contributed by atoms with Crippen LogP contribution in [0.4, 0.5) is 5.69 Å². The molecule has 1 aromatic rings. The monoisotopic (exact) mass is 306 g/mol. The molecule has 0 saturated carbocycles. The van der Waals surface area contributed by atoms with E-state index in [0.717, 1.165) is 51.6 Å². The first kappa shape index (κ1) is 17.1. The molecule has 5 heteroatoms. The molecule has 0 aliphatic carbocycles. The molecule has 0 aromatic heterocycles. The third kappa shape index (κ3) is 4.35. The second-order valence-electron chi connectivity index (χ2n) is 5.80. The summed E-state index contributed by atoms with van der Waals surface area (Å²) in [6.07, 6.45) is 0. The smallest absolute Gasteiger partial charge is 0.142 e. The first-order chi connectivity index (χ1) is 10.7. The van der Waals surface area contributed by atoms with Gasteiger partial charge in [-0.2, -0.15) is 0 Å². The number of methoxy groups -OCH3 is 1. The molecule has 0 radical (unpaired) electrons. The number of nitrogens with one attached hydrogen (secondary N) is 1. The molecule has 1 fully saturated rings. The summed E-state index contributed by atoms with van der Waals surface area (Å²) < 4.78 is 5.59. The highest BCUT2D eigenvalue weighted by molar-refractivity contribution is 5.59. The number of likely N-dealkylation sites (N-methyl/N-ethyl adjacent to an activating group) is 1. The molecule has 0 bridgehead atoms. The lowest BCUT2D eigenvalue weighted by molar-refractivity contribution is 0.102. The Morgan fingerprint density at radius 1 is 1.14 bits per heavy atom. The number of piperazine rings is 1. The molecular formula is C17H30N4O. The van der Waals surface area contributed by atoms with Gasteiger partial charge in [-0.25, -0.2) is 5.01 Å². The summed E-state index contributed by atoms with van der Waals surface area (Å²) in [6, 6.07) is 6.52. The van der Waals surface area contributed by atoms with Crippen LogP contribution < -0.4 is 15.1 Å². The lowest BCUT2D eigenvalue weighted by Crippen LogP contribution is -2.50. The molecule has 1 N–H and O–H groups in total. The van der Waals surface area contributed by atoms with Gasteiger partial charge in [-0.05, 0) is 38.6 Å². The summed E-state index contributed by atoms with van der Waals surface area (Å²) in [5.41, 5.74) is 5.96. The van der Waals surface area contributed by atoms with Gasteiger partial charge in [-0.15, -0.1) is 0 Å². The van der Waals surface area contributed by atoms with Crippen molar-refractivity contribution in [3.8, 4) is 5.75 Å². The minimum Gasteiger partial charge on any atom is -0.495 e. The highest BCUT2D eigenvalue weighted by Gasteiger charge is 2.14. The summed E-state index contributed by atoms with van der Waals surface area (Å²) in [4.78, 5) is 4.68. The first-order valence-corrected chi connectivity index (χ1v) is 8.26. The van der Waals surface area contributed by atoms with Crippen molar-refractivity contribution in [3.05, 3.63) is 23.8 Å². The number of ether oxygens (including phenoxy) is 1. The van der Waals surface area contributed by atoms with Crippen molar-refractivity contribution < 1.29 is 4.74 Å². The Kier molecular flexibility index (Phi) is 6.49. The number of hydrogen-bond acceptors (Lipinski definition) is 5. The van der Waals surface area contributed by atoms with Gasteiger partial charge in [0.05, 0.1) is 12.8 Å². The standard InChI is InChI=1S/C17H30N4O/c1-5-20(6-2)16-8-7-15(13-17(16)22-4)14-18-21-11-9-19(3)10-12-21/h7-8,13,18H,5-6,9-12,14H2,1-4H3. The van der Waals surface area contributed by atoms with E-state index in [1.807, 2.05) is 0 Å². The molecule has 124 valence electrons. The number of hydrazine groups is 1. The Bertz CT molecular complexity index is 454. The van der Waals surface area contributed by atoms with Crippen molar-refractivity contribution in [2.45, 2.75) is 20.4 Å². The van der Waals surface area contributed by atoms with E-state index in [0.29, 0.717) is 0 Å². The van der Waals surface area contributed by atoms with E-state index in [9.17, 15) is 0 Å². The van der Waals surface area contributed by atoms with E-state index in [2.05, 4.69) is 59.3 Å². The van der Waals surface area contributed by atoms with E-state index in [1.165, 1.54) is 11.3 Å². The van der Waals surface area contributed by atoms with Crippen molar-refractivity contribution in [1.82, 2.24) is 15.3 Å². The summed E-state index contributed by atoms with van der Waals surface area (Å²) in [6.45, 7) is 11.6. The average molecular weight is 306 g/mol. The van der Waals surface area contributed by atoms with Gasteiger partial charge in [0.2, 0.25) is 0 Å². The SMILES string of the molecule is CCN(CC)c1ccc(CNN2CCN(C)CC2)cc1OC. The first-order valence-electron chi connectivity index (χ1n) is 8.26. The zero-order chi connectivity index (χ0) is 15.9. The Labute approximate surface area is 134 Å². The highest BCUT2D eigenvalue weighted by atomic mass is 16.5. The Hall–Kier alpha value is -1.30. The number of rotatable bonds is 7. The molecule has 0 amide bonds. The molecule has 1 aliphatic heterocycles. The number of nitrogens with zero attached hydrogens (tertiary/aromatic N) is 3. The second-order valence-corrected chi connectivity index (χ2v) is 5.80.